The zero-order chi connectivity index (χ0) is 16.4. The number of amides is 1. The number of aryl methyl sites for hydroxylation is 2. The SMILES string of the molecule is Cc1nn(C)cc1CNC(=O)c1cc(-c2ccc(F)cc2)n[nH]1. The normalized spacial score (nSPS) is 10.7. The molecule has 0 aliphatic heterocycles. The molecular weight excluding hydrogens is 297 g/mol. The number of carbonyl (C=O) groups is 1. The molecule has 3 rings (SSSR count). The van der Waals surface area contributed by atoms with Crippen molar-refractivity contribution in [2.45, 2.75) is 13.5 Å². The van der Waals surface area contributed by atoms with Gasteiger partial charge in [0.1, 0.15) is 11.5 Å². The van der Waals surface area contributed by atoms with E-state index in [0.717, 1.165) is 16.8 Å². The Morgan fingerprint density at radius 2 is 2.09 bits per heavy atom. The maximum Gasteiger partial charge on any atom is 0.269 e. The van der Waals surface area contributed by atoms with Gasteiger partial charge in [0.25, 0.3) is 5.91 Å². The average molecular weight is 313 g/mol. The van der Waals surface area contributed by atoms with Crippen LogP contribution in [0.25, 0.3) is 11.3 Å². The highest BCUT2D eigenvalue weighted by Crippen LogP contribution is 2.18. The Kier molecular flexibility index (Phi) is 3.92. The molecule has 0 atom stereocenters. The summed E-state index contributed by atoms with van der Waals surface area (Å²) in [6.45, 7) is 2.29. The molecule has 0 aliphatic rings. The van der Waals surface area contributed by atoms with Gasteiger partial charge < -0.3 is 5.32 Å². The summed E-state index contributed by atoms with van der Waals surface area (Å²) in [6.07, 6.45) is 1.87. The number of hydrogen-bond acceptors (Lipinski definition) is 3. The van der Waals surface area contributed by atoms with Gasteiger partial charge in [-0.2, -0.15) is 10.2 Å². The highest BCUT2D eigenvalue weighted by Gasteiger charge is 2.12. The van der Waals surface area contributed by atoms with Crippen LogP contribution in [0.2, 0.25) is 0 Å². The van der Waals surface area contributed by atoms with E-state index in [0.29, 0.717) is 17.9 Å². The fourth-order valence-electron chi connectivity index (χ4n) is 2.30. The molecule has 2 N–H and O–H groups in total. The monoisotopic (exact) mass is 313 g/mol. The summed E-state index contributed by atoms with van der Waals surface area (Å²) in [6, 6.07) is 7.58. The van der Waals surface area contributed by atoms with Crippen molar-refractivity contribution in [1.82, 2.24) is 25.3 Å². The summed E-state index contributed by atoms with van der Waals surface area (Å²) in [5.74, 6) is -0.566. The van der Waals surface area contributed by atoms with Crippen LogP contribution in [0.1, 0.15) is 21.7 Å². The third-order valence-electron chi connectivity index (χ3n) is 3.52. The molecule has 0 bridgehead atoms. The van der Waals surface area contributed by atoms with Crippen molar-refractivity contribution in [2.24, 2.45) is 7.05 Å². The molecule has 23 heavy (non-hydrogen) atoms. The number of H-pyrrole nitrogens is 1. The van der Waals surface area contributed by atoms with Gasteiger partial charge >= 0.3 is 0 Å². The molecule has 7 heteroatoms. The van der Waals surface area contributed by atoms with Crippen molar-refractivity contribution in [2.75, 3.05) is 0 Å². The van der Waals surface area contributed by atoms with E-state index < -0.39 is 0 Å². The molecule has 0 fully saturated rings. The van der Waals surface area contributed by atoms with Crippen molar-refractivity contribution in [3.05, 3.63) is 59.3 Å². The van der Waals surface area contributed by atoms with Crippen LogP contribution in [-0.2, 0) is 13.6 Å². The summed E-state index contributed by atoms with van der Waals surface area (Å²) >= 11 is 0. The minimum atomic E-state index is -0.311. The van der Waals surface area contributed by atoms with Gasteiger partial charge in [-0.25, -0.2) is 4.39 Å². The second kappa shape index (κ2) is 6.04. The molecule has 3 aromatic rings. The second-order valence-corrected chi connectivity index (χ2v) is 5.27. The van der Waals surface area contributed by atoms with Crippen molar-refractivity contribution < 1.29 is 9.18 Å². The average Bonchev–Trinajstić information content (AvgIpc) is 3.12. The van der Waals surface area contributed by atoms with Crippen LogP contribution in [0, 0.1) is 12.7 Å². The van der Waals surface area contributed by atoms with E-state index in [9.17, 15) is 9.18 Å². The highest BCUT2D eigenvalue weighted by atomic mass is 19.1. The molecule has 0 radical (unpaired) electrons. The third kappa shape index (κ3) is 3.28. The van der Waals surface area contributed by atoms with Crippen molar-refractivity contribution in [3.63, 3.8) is 0 Å². The van der Waals surface area contributed by atoms with E-state index in [2.05, 4.69) is 20.6 Å². The molecule has 0 aliphatic carbocycles. The summed E-state index contributed by atoms with van der Waals surface area (Å²) < 4.78 is 14.6. The Morgan fingerprint density at radius 3 is 2.74 bits per heavy atom. The molecule has 2 aromatic heterocycles. The van der Waals surface area contributed by atoms with Crippen molar-refractivity contribution in [1.29, 1.82) is 0 Å². The highest BCUT2D eigenvalue weighted by molar-refractivity contribution is 5.93. The summed E-state index contributed by atoms with van der Waals surface area (Å²) in [5.41, 5.74) is 3.52. The molecule has 0 unspecified atom stereocenters. The number of aromatic amines is 1. The second-order valence-electron chi connectivity index (χ2n) is 5.27. The first-order chi connectivity index (χ1) is 11.0. The Balaban J connectivity index is 1.69. The van der Waals surface area contributed by atoms with Crippen LogP contribution in [0.4, 0.5) is 4.39 Å². The van der Waals surface area contributed by atoms with E-state index in [1.165, 1.54) is 12.1 Å². The maximum absolute atomic E-state index is 12.9. The van der Waals surface area contributed by atoms with E-state index in [1.807, 2.05) is 20.2 Å². The van der Waals surface area contributed by atoms with Gasteiger partial charge in [0.05, 0.1) is 11.4 Å². The van der Waals surface area contributed by atoms with Crippen molar-refractivity contribution in [3.8, 4) is 11.3 Å². The zero-order valence-electron chi connectivity index (χ0n) is 12.8. The predicted molar refractivity (Wildman–Crippen MR) is 83.1 cm³/mol. The number of benzene rings is 1. The molecule has 0 saturated heterocycles. The first-order valence-corrected chi connectivity index (χ1v) is 7.11. The standard InChI is InChI=1S/C16H16FN5O/c1-10-12(9-22(2)21-10)8-18-16(23)15-7-14(19-20-15)11-3-5-13(17)6-4-11/h3-7,9H,8H2,1-2H3,(H,18,23)(H,19,20). The van der Waals surface area contributed by atoms with Gasteiger partial charge in [0, 0.05) is 30.9 Å². The van der Waals surface area contributed by atoms with Crippen LogP contribution in [-0.4, -0.2) is 25.9 Å². The number of halogens is 1. The summed E-state index contributed by atoms with van der Waals surface area (Å²) in [4.78, 5) is 12.2. The largest absolute Gasteiger partial charge is 0.347 e. The van der Waals surface area contributed by atoms with E-state index in [4.69, 9.17) is 0 Å². The smallest absolute Gasteiger partial charge is 0.269 e. The van der Waals surface area contributed by atoms with Gasteiger partial charge in [0.15, 0.2) is 0 Å². The van der Waals surface area contributed by atoms with Gasteiger partial charge in [-0.1, -0.05) is 0 Å². The molecule has 118 valence electrons. The van der Waals surface area contributed by atoms with E-state index >= 15 is 0 Å². The molecule has 1 amide bonds. The number of rotatable bonds is 4. The minimum absolute atomic E-state index is 0.255. The maximum atomic E-state index is 12.9. The molecule has 2 heterocycles. The Bertz CT molecular complexity index is 835. The fourth-order valence-corrected chi connectivity index (χ4v) is 2.30. The van der Waals surface area contributed by atoms with E-state index in [-0.39, 0.29) is 11.7 Å². The first kappa shape index (κ1) is 15.0. The minimum Gasteiger partial charge on any atom is -0.347 e. The third-order valence-corrected chi connectivity index (χ3v) is 3.52. The predicted octanol–water partition coefficient (Wildman–Crippen LogP) is 2.19. The molecule has 0 spiro atoms. The van der Waals surface area contributed by atoms with Crippen LogP contribution >= 0.6 is 0 Å². The van der Waals surface area contributed by atoms with Gasteiger partial charge in [-0.15, -0.1) is 0 Å². The topological polar surface area (TPSA) is 75.6 Å². The lowest BCUT2D eigenvalue weighted by Crippen LogP contribution is -2.23. The van der Waals surface area contributed by atoms with Gasteiger partial charge in [-0.3, -0.25) is 14.6 Å². The van der Waals surface area contributed by atoms with Crippen LogP contribution in [0.3, 0.4) is 0 Å². The lowest BCUT2D eigenvalue weighted by molar-refractivity contribution is 0.0946. The van der Waals surface area contributed by atoms with Crippen molar-refractivity contribution >= 4 is 5.91 Å². The van der Waals surface area contributed by atoms with E-state index in [1.54, 1.807) is 22.9 Å². The zero-order valence-corrected chi connectivity index (χ0v) is 12.8. The van der Waals surface area contributed by atoms with Crippen LogP contribution in [0.15, 0.2) is 36.5 Å². The first-order valence-electron chi connectivity index (χ1n) is 7.11. The number of carbonyl (C=O) groups excluding carboxylic acids is 1. The number of nitrogens with zero attached hydrogens (tertiary/aromatic N) is 3. The van der Waals surface area contributed by atoms with Crippen LogP contribution in [0.5, 0.6) is 0 Å². The van der Waals surface area contributed by atoms with Gasteiger partial charge in [0.2, 0.25) is 0 Å². The Morgan fingerprint density at radius 1 is 1.35 bits per heavy atom. The summed E-state index contributed by atoms with van der Waals surface area (Å²) in [7, 11) is 1.84. The molecule has 0 saturated carbocycles. The lowest BCUT2D eigenvalue weighted by atomic mass is 10.1. The van der Waals surface area contributed by atoms with Gasteiger partial charge in [-0.05, 0) is 37.3 Å². The molecule has 1 aromatic carbocycles. The molecule has 6 nitrogen and oxygen atoms in total. The van der Waals surface area contributed by atoms with Crippen LogP contribution < -0.4 is 5.32 Å². The number of nitrogens with one attached hydrogen (secondary N) is 2. The quantitative estimate of drug-likeness (QED) is 0.775. The summed E-state index contributed by atoms with van der Waals surface area (Å²) in [5, 5.41) is 13.8. The lowest BCUT2D eigenvalue weighted by Gasteiger charge is -2.01. The number of hydrogen-bond donors (Lipinski definition) is 2. The Labute approximate surface area is 132 Å². The molecular formula is C16H16FN5O. The fraction of sp³-hybridized carbons (Fsp3) is 0.188. The number of aromatic nitrogens is 4. The Hall–Kier alpha value is -2.96.